The number of hydrogen-bond acceptors (Lipinski definition) is 5. The lowest BCUT2D eigenvalue weighted by Crippen LogP contribution is -2.51. The van der Waals surface area contributed by atoms with Crippen LogP contribution in [0.3, 0.4) is 0 Å². The molecular weight excluding hydrogens is 440 g/mol. The molecule has 2 aliphatic carbocycles. The Morgan fingerprint density at radius 3 is 2.29 bits per heavy atom. The smallest absolute Gasteiger partial charge is 0.257 e. The highest BCUT2D eigenvalue weighted by atomic mass is 16.5. The maximum Gasteiger partial charge on any atom is 0.257 e. The van der Waals surface area contributed by atoms with Crippen molar-refractivity contribution in [3.05, 3.63) is 30.0 Å². The van der Waals surface area contributed by atoms with E-state index in [-0.39, 0.29) is 17.7 Å². The number of piperazine rings is 1. The predicted octanol–water partition coefficient (Wildman–Crippen LogP) is 4.10. The summed E-state index contributed by atoms with van der Waals surface area (Å²) in [5, 5.41) is 0.986. The van der Waals surface area contributed by atoms with Gasteiger partial charge in [-0.15, -0.1) is 0 Å². The number of ether oxygens (including phenoxy) is 1. The second-order valence-electron chi connectivity index (χ2n) is 11.0. The predicted molar refractivity (Wildman–Crippen MR) is 136 cm³/mol. The second kappa shape index (κ2) is 8.99. The largest absolute Gasteiger partial charge is 0.497 e. The quantitative estimate of drug-likeness (QED) is 0.665. The van der Waals surface area contributed by atoms with Crippen LogP contribution in [0.1, 0.15) is 61.7 Å². The fourth-order valence-electron chi connectivity index (χ4n) is 6.50. The Morgan fingerprint density at radius 1 is 0.943 bits per heavy atom. The maximum absolute atomic E-state index is 13.9. The molecule has 0 radical (unpaired) electrons. The van der Waals surface area contributed by atoms with Gasteiger partial charge in [-0.2, -0.15) is 0 Å². The molecule has 1 aromatic heterocycles. The zero-order valence-corrected chi connectivity index (χ0v) is 20.8. The molecule has 6 rings (SSSR count). The fraction of sp³-hybridized carbons (Fsp3) is 0.607. The van der Waals surface area contributed by atoms with Gasteiger partial charge in [0.15, 0.2) is 0 Å². The number of carbonyl (C=O) groups is 2. The van der Waals surface area contributed by atoms with Crippen molar-refractivity contribution in [2.45, 2.75) is 51.4 Å². The van der Waals surface area contributed by atoms with Crippen molar-refractivity contribution in [3.63, 3.8) is 0 Å². The standard InChI is InChI=1S/C28H36N4O3/c1-35-21-6-7-24-22(18-21)25(30-12-10-28(11-13-30)8-2-3-9-28)23(19-29-24)27(34)32-16-14-31(15-17-32)26(33)20-4-5-20/h6-7,18-20H,2-5,8-17H2,1H3. The van der Waals surface area contributed by atoms with E-state index in [1.807, 2.05) is 28.0 Å². The monoisotopic (exact) mass is 476 g/mol. The molecule has 1 spiro atoms. The Balaban J connectivity index is 1.29. The summed E-state index contributed by atoms with van der Waals surface area (Å²) >= 11 is 0. The number of methoxy groups -OCH3 is 1. The molecule has 7 nitrogen and oxygen atoms in total. The third-order valence-electron chi connectivity index (χ3n) is 8.89. The molecule has 0 bridgehead atoms. The van der Waals surface area contributed by atoms with Crippen molar-refractivity contribution >= 4 is 28.4 Å². The Bertz CT molecular complexity index is 1120. The van der Waals surface area contributed by atoms with E-state index in [2.05, 4.69) is 9.88 Å². The van der Waals surface area contributed by atoms with Gasteiger partial charge in [0.05, 0.1) is 23.9 Å². The third-order valence-corrected chi connectivity index (χ3v) is 8.89. The van der Waals surface area contributed by atoms with Gasteiger partial charge in [0, 0.05) is 56.8 Å². The molecule has 35 heavy (non-hydrogen) atoms. The number of aromatic nitrogens is 1. The molecule has 7 heteroatoms. The third kappa shape index (κ3) is 4.23. The number of carbonyl (C=O) groups excluding carboxylic acids is 2. The maximum atomic E-state index is 13.9. The highest BCUT2D eigenvalue weighted by Crippen LogP contribution is 2.47. The minimum Gasteiger partial charge on any atom is -0.497 e. The van der Waals surface area contributed by atoms with Gasteiger partial charge in [0.25, 0.3) is 5.91 Å². The van der Waals surface area contributed by atoms with Crippen molar-refractivity contribution < 1.29 is 14.3 Å². The summed E-state index contributed by atoms with van der Waals surface area (Å²) in [6.45, 7) is 4.35. The summed E-state index contributed by atoms with van der Waals surface area (Å²) in [4.78, 5) is 37.3. The van der Waals surface area contributed by atoms with Crippen molar-refractivity contribution in [3.8, 4) is 5.75 Å². The first-order valence-electron chi connectivity index (χ1n) is 13.4. The molecule has 2 amide bonds. The first kappa shape index (κ1) is 22.6. The molecule has 0 unspecified atom stereocenters. The summed E-state index contributed by atoms with van der Waals surface area (Å²) in [5.41, 5.74) is 3.07. The molecule has 2 aromatic rings. The average Bonchev–Trinajstić information content (AvgIpc) is 3.67. The minimum atomic E-state index is 0.0249. The van der Waals surface area contributed by atoms with Crippen LogP contribution in [0, 0.1) is 11.3 Å². The fourth-order valence-corrected chi connectivity index (χ4v) is 6.50. The van der Waals surface area contributed by atoms with E-state index in [4.69, 9.17) is 4.74 Å². The number of anilines is 1. The molecule has 2 aliphatic heterocycles. The zero-order valence-electron chi connectivity index (χ0n) is 20.8. The molecule has 186 valence electrons. The molecule has 4 aliphatic rings. The Labute approximate surface area is 207 Å². The zero-order chi connectivity index (χ0) is 24.0. The minimum absolute atomic E-state index is 0.0249. The van der Waals surface area contributed by atoms with Crippen LogP contribution >= 0.6 is 0 Å². The number of benzene rings is 1. The number of piperidine rings is 1. The molecule has 2 saturated carbocycles. The van der Waals surface area contributed by atoms with E-state index >= 15 is 0 Å². The number of fused-ring (bicyclic) bond motifs is 1. The van der Waals surface area contributed by atoms with Crippen LogP contribution in [0.15, 0.2) is 24.4 Å². The number of pyridine rings is 1. The van der Waals surface area contributed by atoms with Gasteiger partial charge in [0.1, 0.15) is 5.75 Å². The molecule has 0 atom stereocenters. The van der Waals surface area contributed by atoms with Crippen LogP contribution in [0.2, 0.25) is 0 Å². The highest BCUT2D eigenvalue weighted by molar-refractivity contribution is 6.07. The van der Waals surface area contributed by atoms with Crippen molar-refractivity contribution in [2.75, 3.05) is 51.3 Å². The van der Waals surface area contributed by atoms with E-state index < -0.39 is 0 Å². The van der Waals surface area contributed by atoms with Gasteiger partial charge in [-0.1, -0.05) is 12.8 Å². The van der Waals surface area contributed by atoms with E-state index in [1.54, 1.807) is 13.3 Å². The van der Waals surface area contributed by atoms with Crippen LogP contribution in [0.4, 0.5) is 5.69 Å². The highest BCUT2D eigenvalue weighted by Gasteiger charge is 2.39. The Kier molecular flexibility index (Phi) is 5.81. The molecule has 4 fully saturated rings. The SMILES string of the molecule is COc1ccc2ncc(C(=O)N3CCN(C(=O)C4CC4)CC3)c(N3CCC4(CCCC4)CC3)c2c1. The van der Waals surface area contributed by atoms with E-state index in [0.717, 1.165) is 48.3 Å². The first-order chi connectivity index (χ1) is 17.1. The normalized spacial score (nSPS) is 22.1. The lowest BCUT2D eigenvalue weighted by atomic mass is 9.77. The van der Waals surface area contributed by atoms with Crippen molar-refractivity contribution in [1.29, 1.82) is 0 Å². The van der Waals surface area contributed by atoms with E-state index in [9.17, 15) is 9.59 Å². The number of amides is 2. The molecule has 2 saturated heterocycles. The van der Waals surface area contributed by atoms with Gasteiger partial charge in [-0.25, -0.2) is 0 Å². The molecule has 0 N–H and O–H groups in total. The van der Waals surface area contributed by atoms with Crippen LogP contribution in [0.5, 0.6) is 5.75 Å². The van der Waals surface area contributed by atoms with Crippen LogP contribution in [-0.2, 0) is 4.79 Å². The molecular formula is C28H36N4O3. The summed E-state index contributed by atoms with van der Waals surface area (Å²) in [7, 11) is 1.68. The summed E-state index contributed by atoms with van der Waals surface area (Å²) < 4.78 is 5.54. The second-order valence-corrected chi connectivity index (χ2v) is 11.0. The van der Waals surface area contributed by atoms with Gasteiger partial charge in [-0.05, 0) is 62.1 Å². The van der Waals surface area contributed by atoms with E-state index in [1.165, 1.54) is 38.5 Å². The Hall–Kier alpha value is -2.83. The number of rotatable bonds is 4. The number of hydrogen-bond donors (Lipinski definition) is 0. The lowest BCUT2D eigenvalue weighted by Gasteiger charge is -2.42. The summed E-state index contributed by atoms with van der Waals surface area (Å²) in [5.74, 6) is 1.30. The lowest BCUT2D eigenvalue weighted by molar-refractivity contribution is -0.134. The van der Waals surface area contributed by atoms with Gasteiger partial charge < -0.3 is 19.4 Å². The summed E-state index contributed by atoms with van der Waals surface area (Å²) in [6.07, 6.45) is 11.6. The average molecular weight is 477 g/mol. The first-order valence-corrected chi connectivity index (χ1v) is 13.4. The van der Waals surface area contributed by atoms with Gasteiger partial charge in [0.2, 0.25) is 5.91 Å². The molecule has 3 heterocycles. The van der Waals surface area contributed by atoms with Crippen LogP contribution in [0.25, 0.3) is 10.9 Å². The van der Waals surface area contributed by atoms with Crippen molar-refractivity contribution in [2.24, 2.45) is 11.3 Å². The Morgan fingerprint density at radius 2 is 1.63 bits per heavy atom. The summed E-state index contributed by atoms with van der Waals surface area (Å²) in [6, 6.07) is 5.94. The van der Waals surface area contributed by atoms with E-state index in [0.29, 0.717) is 37.2 Å². The van der Waals surface area contributed by atoms with Gasteiger partial charge in [-0.3, -0.25) is 14.6 Å². The number of nitrogens with zero attached hydrogens (tertiary/aromatic N) is 4. The van der Waals surface area contributed by atoms with Crippen LogP contribution in [-0.4, -0.2) is 73.0 Å². The molecule has 1 aromatic carbocycles. The topological polar surface area (TPSA) is 66.0 Å². The van der Waals surface area contributed by atoms with Crippen molar-refractivity contribution in [1.82, 2.24) is 14.8 Å². The van der Waals surface area contributed by atoms with Gasteiger partial charge >= 0.3 is 0 Å². The van der Waals surface area contributed by atoms with Crippen LogP contribution < -0.4 is 9.64 Å².